The maximum absolute atomic E-state index is 10.9. The molecule has 0 saturated heterocycles. The van der Waals surface area contributed by atoms with Crippen molar-refractivity contribution in [1.82, 2.24) is 0 Å². The van der Waals surface area contributed by atoms with Gasteiger partial charge in [0.1, 0.15) is 0 Å². The minimum atomic E-state index is -0.0666. The average molecular weight is 485 g/mol. The van der Waals surface area contributed by atoms with E-state index in [0.29, 0.717) is 13.0 Å². The Morgan fingerprint density at radius 2 is 0.735 bits per heavy atom. The molecule has 0 spiro atoms. The van der Waals surface area contributed by atoms with Gasteiger partial charge in [0.25, 0.3) is 0 Å². The highest BCUT2D eigenvalue weighted by molar-refractivity contribution is 5.68. The molecule has 0 bridgehead atoms. The highest BCUT2D eigenvalue weighted by Crippen LogP contribution is 2.13. The molecule has 0 rings (SSSR count). The van der Waals surface area contributed by atoms with Crippen LogP contribution in [0.4, 0.5) is 0 Å². The zero-order valence-corrected chi connectivity index (χ0v) is 23.9. The number of hydrogen-bond donors (Lipinski definition) is 1. The van der Waals surface area contributed by atoms with E-state index in [1.54, 1.807) is 0 Å². The number of rotatable bonds is 26. The molecular formula is C31H64O3. The number of esters is 1. The lowest BCUT2D eigenvalue weighted by molar-refractivity contribution is -0.140. The molecule has 3 nitrogen and oxygen atoms in total. The fraction of sp³-hybridized carbons (Fsp3) is 0.968. The largest absolute Gasteiger partial charge is 0.469 e. The fourth-order valence-electron chi connectivity index (χ4n) is 4.34. The van der Waals surface area contributed by atoms with Crippen LogP contribution in [0.1, 0.15) is 181 Å². The molecule has 0 aromatic carbocycles. The van der Waals surface area contributed by atoms with Crippen LogP contribution in [0.25, 0.3) is 0 Å². The maximum Gasteiger partial charge on any atom is 0.305 e. The van der Waals surface area contributed by atoms with Gasteiger partial charge < -0.3 is 9.84 Å². The Bertz CT molecular complexity index is 345. The molecule has 0 aromatic heterocycles. The van der Waals surface area contributed by atoms with Crippen molar-refractivity contribution < 1.29 is 14.6 Å². The first-order valence-corrected chi connectivity index (χ1v) is 15.4. The lowest BCUT2D eigenvalue weighted by Crippen LogP contribution is -1.99. The summed E-state index contributed by atoms with van der Waals surface area (Å²) in [6.45, 7) is 4.91. The first kappa shape index (κ1) is 35.6. The van der Waals surface area contributed by atoms with Crippen LogP contribution < -0.4 is 0 Å². The van der Waals surface area contributed by atoms with Gasteiger partial charge in [-0.25, -0.2) is 0 Å². The van der Waals surface area contributed by atoms with Crippen molar-refractivity contribution in [1.29, 1.82) is 0 Å². The average Bonchev–Trinajstić information content (AvgIpc) is 2.85. The summed E-state index contributed by atoms with van der Waals surface area (Å²) in [6.07, 6.45) is 34.2. The van der Waals surface area contributed by atoms with Crippen molar-refractivity contribution in [2.45, 2.75) is 181 Å². The van der Waals surface area contributed by atoms with E-state index in [9.17, 15) is 4.79 Å². The van der Waals surface area contributed by atoms with Crippen LogP contribution in [-0.4, -0.2) is 24.8 Å². The van der Waals surface area contributed by atoms with Gasteiger partial charge in [0.2, 0.25) is 0 Å². The second-order valence-electron chi connectivity index (χ2n) is 10.2. The van der Waals surface area contributed by atoms with Crippen LogP contribution in [0, 0.1) is 0 Å². The second-order valence-corrected chi connectivity index (χ2v) is 10.2. The smallest absolute Gasteiger partial charge is 0.305 e. The first-order chi connectivity index (χ1) is 16.7. The van der Waals surface area contributed by atoms with Crippen molar-refractivity contribution in [2.24, 2.45) is 0 Å². The number of carbonyl (C=O) groups is 1. The number of aliphatic hydroxyl groups excluding tert-OH is 1. The van der Waals surface area contributed by atoms with Crippen LogP contribution in [0.2, 0.25) is 0 Å². The van der Waals surface area contributed by atoms with Gasteiger partial charge in [-0.05, 0) is 12.8 Å². The molecule has 0 aliphatic carbocycles. The topological polar surface area (TPSA) is 46.5 Å². The predicted molar refractivity (Wildman–Crippen MR) is 150 cm³/mol. The standard InChI is InChI=1S/C17H34O2.C14H30O/c1-3-4-5-6-7-8-9-10-11-12-13-14-15-16-17(18)19-2;1-2-3-4-5-6-7-8-9-10-11-12-13-14-15/h3-16H2,1-2H3;15H,2-14H2,1H3. The van der Waals surface area contributed by atoms with Gasteiger partial charge in [0.05, 0.1) is 7.11 Å². The van der Waals surface area contributed by atoms with Gasteiger partial charge in [-0.2, -0.15) is 0 Å². The highest BCUT2D eigenvalue weighted by Gasteiger charge is 1.99. The molecule has 0 saturated carbocycles. The van der Waals surface area contributed by atoms with Crippen molar-refractivity contribution in [3.8, 4) is 0 Å². The Balaban J connectivity index is 0. The first-order valence-electron chi connectivity index (χ1n) is 15.4. The molecule has 0 fully saturated rings. The van der Waals surface area contributed by atoms with Crippen molar-refractivity contribution in [2.75, 3.05) is 13.7 Å². The number of carbonyl (C=O) groups excluding carboxylic acids is 1. The van der Waals surface area contributed by atoms with Gasteiger partial charge in [0.15, 0.2) is 0 Å². The van der Waals surface area contributed by atoms with E-state index < -0.39 is 0 Å². The third-order valence-corrected chi connectivity index (χ3v) is 6.72. The molecular weight excluding hydrogens is 420 g/mol. The normalized spacial score (nSPS) is 10.7. The summed E-state index contributed by atoms with van der Waals surface area (Å²) in [4.78, 5) is 10.9. The minimum Gasteiger partial charge on any atom is -0.469 e. The SMILES string of the molecule is CCCCCCCCCCCCCCCC(=O)OC.CCCCCCCCCCCCCCO. The summed E-state index contributed by atoms with van der Waals surface area (Å²) in [5.41, 5.74) is 0. The number of ether oxygens (including phenoxy) is 1. The highest BCUT2D eigenvalue weighted by atomic mass is 16.5. The molecule has 0 aliphatic rings. The number of hydrogen-bond acceptors (Lipinski definition) is 3. The number of methoxy groups -OCH3 is 1. The van der Waals surface area contributed by atoms with Crippen LogP contribution in [0.3, 0.4) is 0 Å². The van der Waals surface area contributed by atoms with E-state index in [-0.39, 0.29) is 5.97 Å². The van der Waals surface area contributed by atoms with Crippen molar-refractivity contribution in [3.05, 3.63) is 0 Å². The van der Waals surface area contributed by atoms with E-state index in [0.717, 1.165) is 12.8 Å². The molecule has 34 heavy (non-hydrogen) atoms. The Hall–Kier alpha value is -0.570. The van der Waals surface area contributed by atoms with E-state index in [2.05, 4.69) is 18.6 Å². The van der Waals surface area contributed by atoms with Gasteiger partial charge in [-0.3, -0.25) is 4.79 Å². The van der Waals surface area contributed by atoms with Crippen LogP contribution in [0.5, 0.6) is 0 Å². The summed E-state index contributed by atoms with van der Waals surface area (Å²) in [7, 11) is 1.46. The fourth-order valence-corrected chi connectivity index (χ4v) is 4.34. The number of aliphatic hydroxyl groups is 1. The van der Waals surface area contributed by atoms with Crippen LogP contribution >= 0.6 is 0 Å². The number of unbranched alkanes of at least 4 members (excludes halogenated alkanes) is 23. The Labute approximate surface area is 215 Å². The molecule has 3 heteroatoms. The van der Waals surface area contributed by atoms with Crippen LogP contribution in [-0.2, 0) is 9.53 Å². The molecule has 206 valence electrons. The molecule has 0 radical (unpaired) electrons. The summed E-state index contributed by atoms with van der Waals surface area (Å²) in [5.74, 6) is -0.0666. The monoisotopic (exact) mass is 484 g/mol. The molecule has 0 amide bonds. The van der Waals surface area contributed by atoms with Crippen molar-refractivity contribution in [3.63, 3.8) is 0 Å². The van der Waals surface area contributed by atoms with Crippen molar-refractivity contribution >= 4 is 5.97 Å². The summed E-state index contributed by atoms with van der Waals surface area (Å²) >= 11 is 0. The lowest BCUT2D eigenvalue weighted by atomic mass is 10.0. The Morgan fingerprint density at radius 3 is 1.00 bits per heavy atom. The Morgan fingerprint density at radius 1 is 0.471 bits per heavy atom. The zero-order chi connectivity index (χ0) is 25.4. The third kappa shape index (κ3) is 36.0. The van der Waals surface area contributed by atoms with E-state index in [1.165, 1.54) is 155 Å². The predicted octanol–water partition coefficient (Wildman–Crippen LogP) is 10.3. The molecule has 1 N–H and O–H groups in total. The summed E-state index contributed by atoms with van der Waals surface area (Å²) in [5, 5.41) is 8.61. The summed E-state index contributed by atoms with van der Waals surface area (Å²) in [6, 6.07) is 0. The van der Waals surface area contributed by atoms with E-state index >= 15 is 0 Å². The van der Waals surface area contributed by atoms with Gasteiger partial charge in [-0.15, -0.1) is 0 Å². The quantitative estimate of drug-likeness (QED) is 0.0980. The third-order valence-electron chi connectivity index (χ3n) is 6.72. The Kier molecular flexibility index (Phi) is 36.2. The van der Waals surface area contributed by atoms with Gasteiger partial charge in [-0.1, -0.05) is 162 Å². The van der Waals surface area contributed by atoms with Crippen LogP contribution in [0.15, 0.2) is 0 Å². The molecule has 0 aliphatic heterocycles. The van der Waals surface area contributed by atoms with Gasteiger partial charge in [0, 0.05) is 13.0 Å². The lowest BCUT2D eigenvalue weighted by Gasteiger charge is -2.03. The molecule has 0 aromatic rings. The maximum atomic E-state index is 10.9. The molecule has 0 heterocycles. The minimum absolute atomic E-state index is 0.0666. The molecule has 0 atom stereocenters. The van der Waals surface area contributed by atoms with E-state index in [4.69, 9.17) is 5.11 Å². The zero-order valence-electron chi connectivity index (χ0n) is 23.9. The molecule has 0 unspecified atom stereocenters. The van der Waals surface area contributed by atoms with E-state index in [1.807, 2.05) is 0 Å². The second kappa shape index (κ2) is 34.6. The van der Waals surface area contributed by atoms with Gasteiger partial charge >= 0.3 is 5.97 Å². The summed E-state index contributed by atoms with van der Waals surface area (Å²) < 4.78 is 4.62.